The zero-order chi connectivity index (χ0) is 26.2. The molecule has 2 saturated heterocycles. The van der Waals surface area contributed by atoms with Crippen LogP contribution < -0.4 is 10.6 Å². The van der Waals surface area contributed by atoms with Crippen LogP contribution in [0.1, 0.15) is 38.3 Å². The van der Waals surface area contributed by atoms with E-state index in [0.29, 0.717) is 18.9 Å². The van der Waals surface area contributed by atoms with Gasteiger partial charge in [0.05, 0.1) is 17.3 Å². The van der Waals surface area contributed by atoms with Crippen molar-refractivity contribution in [3.63, 3.8) is 0 Å². The van der Waals surface area contributed by atoms with Gasteiger partial charge in [-0.25, -0.2) is 4.98 Å². The van der Waals surface area contributed by atoms with Crippen LogP contribution in [0.15, 0.2) is 66.0 Å². The van der Waals surface area contributed by atoms with Gasteiger partial charge < -0.3 is 15.6 Å². The van der Waals surface area contributed by atoms with E-state index in [2.05, 4.69) is 45.6 Å². The lowest BCUT2D eigenvalue weighted by molar-refractivity contribution is -0.138. The van der Waals surface area contributed by atoms with E-state index >= 15 is 0 Å². The molecule has 1 aromatic heterocycles. The molecule has 3 N–H and O–H groups in total. The molecular formula is C30H34N6O2. The first-order valence-corrected chi connectivity index (χ1v) is 13.6. The summed E-state index contributed by atoms with van der Waals surface area (Å²) in [6.45, 7) is 4.90. The van der Waals surface area contributed by atoms with Gasteiger partial charge in [-0.05, 0) is 43.9 Å². The van der Waals surface area contributed by atoms with Gasteiger partial charge in [0, 0.05) is 73.1 Å². The van der Waals surface area contributed by atoms with Gasteiger partial charge in [0.1, 0.15) is 0 Å². The zero-order valence-corrected chi connectivity index (χ0v) is 21.7. The molecule has 6 rings (SSSR count). The highest BCUT2D eigenvalue weighted by molar-refractivity contribution is 6.07. The third kappa shape index (κ3) is 4.53. The Morgan fingerprint density at radius 1 is 1.13 bits per heavy atom. The molecule has 2 bridgehead atoms. The number of rotatable bonds is 6. The lowest BCUT2D eigenvalue weighted by atomic mass is 9.88. The molecule has 0 saturated carbocycles. The maximum Gasteiger partial charge on any atom is 0.243 e. The highest BCUT2D eigenvalue weighted by Gasteiger charge is 2.43. The Hall–Kier alpha value is -3.78. The standard InChI is InChI=1S/C30H34N6O2/c1-19-24-8-6-21(18-36(19)27-10-11-28(37)34-30(27)38)29(24)35-14-12-23(13-15-35)32-17-22(16-31)26-9-7-20-4-2-3-5-25(20)33-26/h2-9,16-17,19,23-24,27,31-32H,10-15,18H2,1H3,(H,34,37,38)/b22-17+,31-16?/t19-,24-,27?/m0/s1. The molecule has 1 aromatic carbocycles. The predicted molar refractivity (Wildman–Crippen MR) is 148 cm³/mol. The number of nitrogens with zero attached hydrogens (tertiary/aromatic N) is 3. The average Bonchev–Trinajstić information content (AvgIpc) is 3.28. The number of imide groups is 1. The summed E-state index contributed by atoms with van der Waals surface area (Å²) < 4.78 is 0. The fourth-order valence-electron chi connectivity index (χ4n) is 6.40. The lowest BCUT2D eigenvalue weighted by Gasteiger charge is -2.46. The fourth-order valence-corrected chi connectivity index (χ4v) is 6.40. The summed E-state index contributed by atoms with van der Waals surface area (Å²) in [5.41, 5.74) is 5.23. The van der Waals surface area contributed by atoms with Gasteiger partial charge in [0.25, 0.3) is 0 Å². The first-order chi connectivity index (χ1) is 18.5. The SMILES string of the molecule is C[C@H]1[C@@H]2C=CC(=C2N2CCC(N/C=C(\C=N)c3ccc4ccccc4n3)CC2)CN1C1CCC(=O)NC1=O. The first kappa shape index (κ1) is 24.6. The van der Waals surface area contributed by atoms with Crippen molar-refractivity contribution >= 4 is 34.5 Å². The molecule has 4 heterocycles. The van der Waals surface area contributed by atoms with Crippen LogP contribution in [-0.2, 0) is 9.59 Å². The van der Waals surface area contributed by atoms with Crippen molar-refractivity contribution in [2.45, 2.75) is 50.7 Å². The Morgan fingerprint density at radius 3 is 2.74 bits per heavy atom. The van der Waals surface area contributed by atoms with Crippen LogP contribution in [0.5, 0.6) is 0 Å². The van der Waals surface area contributed by atoms with Crippen LogP contribution >= 0.6 is 0 Å². The van der Waals surface area contributed by atoms with E-state index in [-0.39, 0.29) is 29.8 Å². The molecule has 2 fully saturated rings. The monoisotopic (exact) mass is 510 g/mol. The van der Waals surface area contributed by atoms with Crippen LogP contribution in [0.3, 0.4) is 0 Å². The van der Waals surface area contributed by atoms with Crippen molar-refractivity contribution in [3.05, 3.63) is 71.7 Å². The number of para-hydroxylation sites is 1. The van der Waals surface area contributed by atoms with E-state index in [9.17, 15) is 9.59 Å². The molecule has 1 aliphatic carbocycles. The van der Waals surface area contributed by atoms with Crippen molar-refractivity contribution in [2.24, 2.45) is 5.92 Å². The van der Waals surface area contributed by atoms with E-state index < -0.39 is 0 Å². The van der Waals surface area contributed by atoms with Crippen LogP contribution in [-0.4, -0.2) is 70.6 Å². The topological polar surface area (TPSA) is 101 Å². The number of aromatic nitrogens is 1. The predicted octanol–water partition coefficient (Wildman–Crippen LogP) is 3.23. The fraction of sp³-hybridized carbons (Fsp3) is 0.400. The van der Waals surface area contributed by atoms with Gasteiger partial charge >= 0.3 is 0 Å². The summed E-state index contributed by atoms with van der Waals surface area (Å²) in [7, 11) is 0. The molecule has 3 aliphatic heterocycles. The number of pyridine rings is 1. The number of carbonyl (C=O) groups excluding carboxylic acids is 2. The third-order valence-corrected chi connectivity index (χ3v) is 8.52. The van der Waals surface area contributed by atoms with Gasteiger partial charge in [0.2, 0.25) is 11.8 Å². The zero-order valence-electron chi connectivity index (χ0n) is 21.7. The quantitative estimate of drug-likeness (QED) is 0.408. The number of likely N-dealkylation sites (tertiary alicyclic amines) is 1. The third-order valence-electron chi connectivity index (χ3n) is 8.52. The van der Waals surface area contributed by atoms with Crippen LogP contribution in [0.2, 0.25) is 0 Å². The van der Waals surface area contributed by atoms with E-state index in [1.165, 1.54) is 17.5 Å². The normalized spacial score (nSPS) is 26.7. The molecule has 0 spiro atoms. The Morgan fingerprint density at radius 2 is 1.95 bits per heavy atom. The van der Waals surface area contributed by atoms with Crippen LogP contribution in [0.25, 0.3) is 16.5 Å². The van der Waals surface area contributed by atoms with Crippen LogP contribution in [0, 0.1) is 11.3 Å². The highest BCUT2D eigenvalue weighted by Crippen LogP contribution is 2.40. The minimum atomic E-state index is -0.233. The molecule has 8 nitrogen and oxygen atoms in total. The first-order valence-electron chi connectivity index (χ1n) is 13.6. The summed E-state index contributed by atoms with van der Waals surface area (Å²) in [6, 6.07) is 12.4. The van der Waals surface area contributed by atoms with Gasteiger partial charge in [0.15, 0.2) is 0 Å². The number of fused-ring (bicyclic) bond motifs is 2. The minimum Gasteiger partial charge on any atom is -0.387 e. The van der Waals surface area contributed by atoms with Gasteiger partial charge in [-0.2, -0.15) is 0 Å². The molecule has 1 unspecified atom stereocenters. The molecule has 3 atom stereocenters. The number of amides is 2. The molecule has 2 aromatic rings. The second-order valence-corrected chi connectivity index (χ2v) is 10.7. The molecule has 4 aliphatic rings. The Kier molecular flexibility index (Phi) is 6.57. The molecule has 2 amide bonds. The molecule has 0 radical (unpaired) electrons. The van der Waals surface area contributed by atoms with Gasteiger partial charge in [-0.1, -0.05) is 36.4 Å². The Labute approximate surface area is 223 Å². The molecule has 196 valence electrons. The van der Waals surface area contributed by atoms with Crippen molar-refractivity contribution in [3.8, 4) is 0 Å². The smallest absolute Gasteiger partial charge is 0.243 e. The summed E-state index contributed by atoms with van der Waals surface area (Å²) in [4.78, 5) is 33.7. The Bertz CT molecular complexity index is 1370. The van der Waals surface area contributed by atoms with Crippen molar-refractivity contribution in [2.75, 3.05) is 19.6 Å². The molecule has 38 heavy (non-hydrogen) atoms. The van der Waals surface area contributed by atoms with E-state index in [0.717, 1.165) is 54.6 Å². The largest absolute Gasteiger partial charge is 0.387 e. The van der Waals surface area contributed by atoms with Crippen molar-refractivity contribution < 1.29 is 9.59 Å². The number of nitrogens with one attached hydrogen (secondary N) is 3. The lowest BCUT2D eigenvalue weighted by Crippen LogP contribution is -2.58. The maximum absolute atomic E-state index is 12.5. The second kappa shape index (κ2) is 10.2. The summed E-state index contributed by atoms with van der Waals surface area (Å²) in [6.07, 6.45) is 10.9. The van der Waals surface area contributed by atoms with E-state index in [1.807, 2.05) is 36.5 Å². The molecule has 8 heteroatoms. The number of hydrogen-bond donors (Lipinski definition) is 3. The minimum absolute atomic E-state index is 0.153. The summed E-state index contributed by atoms with van der Waals surface area (Å²) >= 11 is 0. The summed E-state index contributed by atoms with van der Waals surface area (Å²) in [5.74, 6) is -0.0405. The maximum atomic E-state index is 12.5. The highest BCUT2D eigenvalue weighted by atomic mass is 16.2. The number of hydrogen-bond acceptors (Lipinski definition) is 7. The Balaban J connectivity index is 1.09. The number of allylic oxidation sites excluding steroid dienone is 1. The van der Waals surface area contributed by atoms with Crippen molar-refractivity contribution in [1.29, 1.82) is 5.41 Å². The average molecular weight is 511 g/mol. The second-order valence-electron chi connectivity index (χ2n) is 10.7. The molecular weight excluding hydrogens is 476 g/mol. The van der Waals surface area contributed by atoms with Gasteiger partial charge in [-0.3, -0.25) is 19.8 Å². The number of piperidine rings is 2. The van der Waals surface area contributed by atoms with Gasteiger partial charge in [-0.15, -0.1) is 0 Å². The number of benzene rings is 1. The van der Waals surface area contributed by atoms with E-state index in [1.54, 1.807) is 0 Å². The van der Waals surface area contributed by atoms with Crippen molar-refractivity contribution in [1.82, 2.24) is 25.4 Å². The van der Waals surface area contributed by atoms with E-state index in [4.69, 9.17) is 10.4 Å². The van der Waals surface area contributed by atoms with Crippen LogP contribution in [0.4, 0.5) is 0 Å². The summed E-state index contributed by atoms with van der Waals surface area (Å²) in [5, 5.41) is 15.1. The number of carbonyl (C=O) groups is 2.